The van der Waals surface area contributed by atoms with E-state index in [2.05, 4.69) is 6.58 Å². The third-order valence-corrected chi connectivity index (χ3v) is 2.39. The fourth-order valence-electron chi connectivity index (χ4n) is 0.545. The highest BCUT2D eigenvalue weighted by Crippen LogP contribution is 2.10. The summed E-state index contributed by atoms with van der Waals surface area (Å²) in [5, 5.41) is 0. The van der Waals surface area contributed by atoms with E-state index in [1.807, 2.05) is 0 Å². The summed E-state index contributed by atoms with van der Waals surface area (Å²) in [5.41, 5.74) is 0.362. The highest BCUT2D eigenvalue weighted by Gasteiger charge is 2.23. The van der Waals surface area contributed by atoms with Crippen LogP contribution >= 0.6 is 0 Å². The SMILES string of the molecule is C=C(C)C(=O)OC[Si]OC(C)(OC)OC. The number of esters is 1. The summed E-state index contributed by atoms with van der Waals surface area (Å²) in [7, 11) is 2.88. The van der Waals surface area contributed by atoms with E-state index in [0.29, 0.717) is 5.57 Å². The van der Waals surface area contributed by atoms with Crippen molar-refractivity contribution in [3.05, 3.63) is 12.2 Å². The van der Waals surface area contributed by atoms with Crippen LogP contribution in [-0.4, -0.2) is 42.2 Å². The Morgan fingerprint density at radius 2 is 1.93 bits per heavy atom. The van der Waals surface area contributed by atoms with Crippen molar-refractivity contribution in [3.63, 3.8) is 0 Å². The molecule has 0 aliphatic heterocycles. The van der Waals surface area contributed by atoms with Crippen molar-refractivity contribution in [2.24, 2.45) is 0 Å². The molecule has 0 heterocycles. The quantitative estimate of drug-likeness (QED) is 0.212. The Kier molecular flexibility index (Phi) is 6.42. The normalized spacial score (nSPS) is 11.2. The van der Waals surface area contributed by atoms with Crippen LogP contribution in [0.2, 0.25) is 0 Å². The maximum atomic E-state index is 11.0. The molecule has 86 valence electrons. The standard InChI is InChI=1S/C9H16O5Si/c1-7(2)8(10)13-6-15-14-9(3,11-4)12-5/h1,6H2,2-5H3. The van der Waals surface area contributed by atoms with Crippen molar-refractivity contribution >= 4 is 15.7 Å². The lowest BCUT2D eigenvalue weighted by Crippen LogP contribution is -2.36. The van der Waals surface area contributed by atoms with Gasteiger partial charge in [-0.2, -0.15) is 0 Å². The van der Waals surface area contributed by atoms with Crippen LogP contribution in [0.4, 0.5) is 0 Å². The third kappa shape index (κ3) is 5.68. The van der Waals surface area contributed by atoms with E-state index in [4.69, 9.17) is 18.6 Å². The van der Waals surface area contributed by atoms with Gasteiger partial charge in [-0.15, -0.1) is 0 Å². The van der Waals surface area contributed by atoms with Gasteiger partial charge in [0.1, 0.15) is 6.23 Å². The van der Waals surface area contributed by atoms with E-state index in [0.717, 1.165) is 0 Å². The molecule has 0 saturated heterocycles. The Morgan fingerprint density at radius 3 is 2.33 bits per heavy atom. The number of hydrogen-bond donors (Lipinski definition) is 0. The van der Waals surface area contributed by atoms with Gasteiger partial charge in [-0.05, 0) is 6.92 Å². The molecule has 0 aromatic carbocycles. The Bertz CT molecular complexity index is 225. The highest BCUT2D eigenvalue weighted by molar-refractivity contribution is 6.27. The topological polar surface area (TPSA) is 54.0 Å². The van der Waals surface area contributed by atoms with E-state index in [1.165, 1.54) is 14.2 Å². The van der Waals surface area contributed by atoms with Gasteiger partial charge in [0, 0.05) is 26.7 Å². The first-order valence-electron chi connectivity index (χ1n) is 4.29. The summed E-state index contributed by atoms with van der Waals surface area (Å²) in [6, 6.07) is 0. The largest absolute Gasteiger partial charge is 0.464 e. The van der Waals surface area contributed by atoms with Crippen molar-refractivity contribution in [1.82, 2.24) is 0 Å². The molecule has 0 amide bonds. The molecule has 0 fully saturated rings. The molecule has 0 aromatic heterocycles. The summed E-state index contributed by atoms with van der Waals surface area (Å²) in [5.74, 6) is -1.52. The summed E-state index contributed by atoms with van der Waals surface area (Å²) in [6.45, 7) is 6.66. The number of carbonyl (C=O) groups excluding carboxylic acids is 1. The Balaban J connectivity index is 3.71. The zero-order valence-corrected chi connectivity index (χ0v) is 10.5. The monoisotopic (exact) mass is 232 g/mol. The van der Waals surface area contributed by atoms with Crippen LogP contribution in [0.3, 0.4) is 0 Å². The van der Waals surface area contributed by atoms with Gasteiger partial charge in [-0.25, -0.2) is 4.79 Å². The van der Waals surface area contributed by atoms with Crippen LogP contribution in [0.1, 0.15) is 13.8 Å². The molecule has 0 aliphatic rings. The summed E-state index contributed by atoms with van der Waals surface area (Å²) >= 11 is 0. The van der Waals surface area contributed by atoms with E-state index in [1.54, 1.807) is 13.8 Å². The first kappa shape index (κ1) is 14.3. The van der Waals surface area contributed by atoms with Crippen molar-refractivity contribution in [2.75, 3.05) is 20.4 Å². The summed E-state index contributed by atoms with van der Waals surface area (Å²) < 4.78 is 20.0. The predicted octanol–water partition coefficient (Wildman–Crippen LogP) is 0.665. The third-order valence-electron chi connectivity index (χ3n) is 1.61. The summed E-state index contributed by atoms with van der Waals surface area (Å²) in [4.78, 5) is 11.0. The molecule has 0 aliphatic carbocycles. The van der Waals surface area contributed by atoms with Crippen LogP contribution in [0.25, 0.3) is 0 Å². The average Bonchev–Trinajstić information content (AvgIpc) is 2.23. The number of rotatable bonds is 7. The maximum Gasteiger partial charge on any atom is 0.332 e. The van der Waals surface area contributed by atoms with Crippen LogP contribution < -0.4 is 0 Å². The summed E-state index contributed by atoms with van der Waals surface area (Å²) in [6.07, 6.45) is 0.161. The van der Waals surface area contributed by atoms with Crippen LogP contribution in [0.5, 0.6) is 0 Å². The lowest BCUT2D eigenvalue weighted by Gasteiger charge is -2.25. The minimum Gasteiger partial charge on any atom is -0.464 e. The van der Waals surface area contributed by atoms with Gasteiger partial charge in [0.2, 0.25) is 0 Å². The van der Waals surface area contributed by atoms with Crippen molar-refractivity contribution in [1.29, 1.82) is 0 Å². The molecule has 6 heteroatoms. The second-order valence-corrected chi connectivity index (χ2v) is 3.65. The van der Waals surface area contributed by atoms with Crippen LogP contribution in [-0.2, 0) is 23.4 Å². The van der Waals surface area contributed by atoms with Gasteiger partial charge in [0.15, 0.2) is 0 Å². The first-order chi connectivity index (χ1) is 6.95. The number of methoxy groups -OCH3 is 2. The molecular weight excluding hydrogens is 216 g/mol. The molecule has 15 heavy (non-hydrogen) atoms. The highest BCUT2D eigenvalue weighted by atomic mass is 28.2. The van der Waals surface area contributed by atoms with Gasteiger partial charge in [0.05, 0.1) is 0 Å². The number of ether oxygens (including phenoxy) is 3. The lowest BCUT2D eigenvalue weighted by atomic mass is 10.4. The smallest absolute Gasteiger partial charge is 0.332 e. The average molecular weight is 232 g/mol. The fraction of sp³-hybridized carbons (Fsp3) is 0.667. The van der Waals surface area contributed by atoms with Crippen molar-refractivity contribution in [3.8, 4) is 0 Å². The molecule has 0 spiro atoms. The van der Waals surface area contributed by atoms with Gasteiger partial charge in [-0.3, -0.25) is 0 Å². The van der Waals surface area contributed by atoms with Crippen molar-refractivity contribution in [2.45, 2.75) is 19.8 Å². The Morgan fingerprint density at radius 1 is 1.40 bits per heavy atom. The molecular formula is C9H16O5Si. The molecule has 0 bridgehead atoms. The van der Waals surface area contributed by atoms with Crippen LogP contribution in [0.15, 0.2) is 12.2 Å². The fourth-order valence-corrected chi connectivity index (χ4v) is 1.22. The van der Waals surface area contributed by atoms with E-state index < -0.39 is 11.9 Å². The zero-order chi connectivity index (χ0) is 11.9. The zero-order valence-electron chi connectivity index (χ0n) is 9.46. The maximum absolute atomic E-state index is 11.0. The minimum absolute atomic E-state index is 0.0514. The Labute approximate surface area is 92.3 Å². The minimum atomic E-state index is -1.09. The molecule has 0 aromatic rings. The number of hydrogen-bond acceptors (Lipinski definition) is 5. The Hall–Kier alpha value is -0.693. The van der Waals surface area contributed by atoms with Gasteiger partial charge >= 0.3 is 5.97 Å². The molecule has 0 unspecified atom stereocenters. The van der Waals surface area contributed by atoms with E-state index in [9.17, 15) is 4.79 Å². The van der Waals surface area contributed by atoms with E-state index in [-0.39, 0.29) is 16.0 Å². The van der Waals surface area contributed by atoms with Crippen molar-refractivity contribution < 1.29 is 23.4 Å². The number of carbonyl (C=O) groups is 1. The second kappa shape index (κ2) is 6.73. The molecule has 0 saturated carbocycles. The lowest BCUT2D eigenvalue weighted by molar-refractivity contribution is -0.311. The van der Waals surface area contributed by atoms with E-state index >= 15 is 0 Å². The second-order valence-electron chi connectivity index (χ2n) is 2.87. The van der Waals surface area contributed by atoms with Gasteiger partial charge in [0.25, 0.3) is 15.7 Å². The molecule has 2 radical (unpaired) electrons. The van der Waals surface area contributed by atoms with Gasteiger partial charge in [-0.1, -0.05) is 6.58 Å². The van der Waals surface area contributed by atoms with Crippen LogP contribution in [0, 0.1) is 0 Å². The first-order valence-corrected chi connectivity index (χ1v) is 5.40. The molecule has 0 rings (SSSR count). The van der Waals surface area contributed by atoms with Gasteiger partial charge < -0.3 is 18.6 Å². The molecule has 0 atom stereocenters. The molecule has 5 nitrogen and oxygen atoms in total. The predicted molar refractivity (Wildman–Crippen MR) is 55.0 cm³/mol. The molecule has 0 N–H and O–H groups in total.